The lowest BCUT2D eigenvalue weighted by Gasteiger charge is -2.22. The highest BCUT2D eigenvalue weighted by Crippen LogP contribution is 2.17. The molecular formula is C10H18N2O3. The van der Waals surface area contributed by atoms with Gasteiger partial charge in [0.1, 0.15) is 6.04 Å². The molecule has 1 amide bonds. The number of nitrogens with one attached hydrogen (secondary N) is 1. The van der Waals surface area contributed by atoms with Gasteiger partial charge >= 0.3 is 5.97 Å². The number of hydrogen-bond donors (Lipinski definition) is 2. The summed E-state index contributed by atoms with van der Waals surface area (Å²) in [6, 6.07) is -0.383. The Morgan fingerprint density at radius 1 is 1.53 bits per heavy atom. The minimum Gasteiger partial charge on any atom is -0.480 e. The van der Waals surface area contributed by atoms with Crippen LogP contribution in [0.1, 0.15) is 26.7 Å². The summed E-state index contributed by atoms with van der Waals surface area (Å²) in [6.45, 7) is 4.69. The molecule has 0 aromatic rings. The number of likely N-dealkylation sites (tertiary alicyclic amines) is 1. The molecule has 0 aromatic heterocycles. The second-order valence-corrected chi connectivity index (χ2v) is 4.12. The molecule has 0 aliphatic carbocycles. The Hall–Kier alpha value is -1.10. The number of carboxylic acids is 1. The highest BCUT2D eigenvalue weighted by molar-refractivity contribution is 5.85. The third-order valence-corrected chi connectivity index (χ3v) is 2.52. The molecule has 1 rings (SSSR count). The molecule has 0 radical (unpaired) electrons. The van der Waals surface area contributed by atoms with Gasteiger partial charge in [-0.05, 0) is 12.8 Å². The molecule has 0 spiro atoms. The minimum absolute atomic E-state index is 0.117. The van der Waals surface area contributed by atoms with Crippen molar-refractivity contribution in [2.24, 2.45) is 0 Å². The van der Waals surface area contributed by atoms with E-state index in [2.05, 4.69) is 5.32 Å². The standard InChI is InChI=1S/C10H18N2O3/c1-7(2)11-6-9(13)12-5-3-4-8(12)10(14)15/h7-8,11H,3-6H2,1-2H3,(H,14,15)/t8-/m1/s1. The summed E-state index contributed by atoms with van der Waals surface area (Å²) in [5.41, 5.74) is 0. The molecule has 15 heavy (non-hydrogen) atoms. The van der Waals surface area contributed by atoms with Crippen molar-refractivity contribution < 1.29 is 14.7 Å². The summed E-state index contributed by atoms with van der Waals surface area (Å²) in [7, 11) is 0. The summed E-state index contributed by atoms with van der Waals surface area (Å²) in [4.78, 5) is 24.0. The quantitative estimate of drug-likeness (QED) is 0.694. The van der Waals surface area contributed by atoms with Gasteiger partial charge in [-0.1, -0.05) is 13.8 Å². The summed E-state index contributed by atoms with van der Waals surface area (Å²) < 4.78 is 0. The lowest BCUT2D eigenvalue weighted by molar-refractivity contribution is -0.147. The molecule has 5 heteroatoms. The lowest BCUT2D eigenvalue weighted by atomic mass is 10.2. The molecule has 0 saturated carbocycles. The largest absolute Gasteiger partial charge is 0.480 e. The second kappa shape index (κ2) is 5.11. The monoisotopic (exact) mass is 214 g/mol. The number of rotatable bonds is 4. The van der Waals surface area contributed by atoms with Crippen LogP contribution in [0.5, 0.6) is 0 Å². The fourth-order valence-corrected chi connectivity index (χ4v) is 1.71. The Labute approximate surface area is 89.4 Å². The Morgan fingerprint density at radius 3 is 2.73 bits per heavy atom. The van der Waals surface area contributed by atoms with E-state index in [0.29, 0.717) is 13.0 Å². The van der Waals surface area contributed by atoms with E-state index in [1.54, 1.807) is 0 Å². The summed E-state index contributed by atoms with van der Waals surface area (Å²) in [6.07, 6.45) is 1.35. The van der Waals surface area contributed by atoms with Crippen molar-refractivity contribution >= 4 is 11.9 Å². The normalized spacial score (nSPS) is 21.0. The molecule has 0 aromatic carbocycles. The first-order valence-electron chi connectivity index (χ1n) is 5.28. The molecule has 1 atom stereocenters. The average molecular weight is 214 g/mol. The number of aliphatic carboxylic acids is 1. The number of carbonyl (C=O) groups excluding carboxylic acids is 1. The third-order valence-electron chi connectivity index (χ3n) is 2.52. The fraction of sp³-hybridized carbons (Fsp3) is 0.800. The predicted molar refractivity (Wildman–Crippen MR) is 55.5 cm³/mol. The van der Waals surface area contributed by atoms with Crippen molar-refractivity contribution in [1.82, 2.24) is 10.2 Å². The van der Waals surface area contributed by atoms with Gasteiger partial charge in [0.2, 0.25) is 5.91 Å². The van der Waals surface area contributed by atoms with Crippen LogP contribution in [0, 0.1) is 0 Å². The lowest BCUT2D eigenvalue weighted by Crippen LogP contribution is -2.45. The highest BCUT2D eigenvalue weighted by Gasteiger charge is 2.33. The number of amides is 1. The molecule has 1 fully saturated rings. The summed E-state index contributed by atoms with van der Waals surface area (Å²) in [5.74, 6) is -1.01. The van der Waals surface area contributed by atoms with Crippen LogP contribution in [-0.2, 0) is 9.59 Å². The summed E-state index contributed by atoms with van der Waals surface area (Å²) in [5, 5.41) is 11.9. The zero-order valence-electron chi connectivity index (χ0n) is 9.19. The number of carbonyl (C=O) groups is 2. The minimum atomic E-state index is -0.898. The molecule has 1 heterocycles. The van der Waals surface area contributed by atoms with Crippen molar-refractivity contribution in [2.45, 2.75) is 38.8 Å². The van der Waals surface area contributed by atoms with Gasteiger partial charge in [0.25, 0.3) is 0 Å². The van der Waals surface area contributed by atoms with Gasteiger partial charge < -0.3 is 15.3 Å². The van der Waals surface area contributed by atoms with Crippen molar-refractivity contribution in [1.29, 1.82) is 0 Å². The van der Waals surface area contributed by atoms with Crippen LogP contribution in [0.4, 0.5) is 0 Å². The van der Waals surface area contributed by atoms with Gasteiger partial charge in [-0.25, -0.2) is 4.79 Å². The van der Waals surface area contributed by atoms with Gasteiger partial charge in [0.05, 0.1) is 6.54 Å². The van der Waals surface area contributed by atoms with Crippen LogP contribution in [0.3, 0.4) is 0 Å². The Balaban J connectivity index is 2.47. The third kappa shape index (κ3) is 3.20. The molecule has 0 bridgehead atoms. The molecular weight excluding hydrogens is 196 g/mol. The van der Waals surface area contributed by atoms with Crippen molar-refractivity contribution in [3.05, 3.63) is 0 Å². The van der Waals surface area contributed by atoms with E-state index >= 15 is 0 Å². The Kier molecular flexibility index (Phi) is 4.08. The predicted octanol–water partition coefficient (Wildman–Crippen LogP) is 0.0600. The highest BCUT2D eigenvalue weighted by atomic mass is 16.4. The van der Waals surface area contributed by atoms with E-state index < -0.39 is 12.0 Å². The molecule has 5 nitrogen and oxygen atoms in total. The second-order valence-electron chi connectivity index (χ2n) is 4.12. The smallest absolute Gasteiger partial charge is 0.326 e. The van der Waals surface area contributed by atoms with Crippen LogP contribution in [0.25, 0.3) is 0 Å². The van der Waals surface area contributed by atoms with Gasteiger partial charge in [-0.2, -0.15) is 0 Å². The van der Waals surface area contributed by atoms with Gasteiger partial charge in [0.15, 0.2) is 0 Å². The number of carboxylic acid groups (broad SMARTS) is 1. The molecule has 1 aliphatic heterocycles. The van der Waals surface area contributed by atoms with Gasteiger partial charge in [-0.15, -0.1) is 0 Å². The first-order valence-corrected chi connectivity index (χ1v) is 5.28. The van der Waals surface area contributed by atoms with E-state index in [-0.39, 0.29) is 18.5 Å². The number of nitrogens with zero attached hydrogens (tertiary/aromatic N) is 1. The van der Waals surface area contributed by atoms with Crippen molar-refractivity contribution in [2.75, 3.05) is 13.1 Å². The van der Waals surface area contributed by atoms with E-state index in [1.165, 1.54) is 4.90 Å². The van der Waals surface area contributed by atoms with Crippen molar-refractivity contribution in [3.8, 4) is 0 Å². The zero-order chi connectivity index (χ0) is 11.4. The van der Waals surface area contributed by atoms with Crippen LogP contribution < -0.4 is 5.32 Å². The molecule has 0 unspecified atom stereocenters. The number of hydrogen-bond acceptors (Lipinski definition) is 3. The van der Waals surface area contributed by atoms with E-state index in [0.717, 1.165) is 6.42 Å². The maximum Gasteiger partial charge on any atom is 0.326 e. The van der Waals surface area contributed by atoms with Crippen molar-refractivity contribution in [3.63, 3.8) is 0 Å². The Morgan fingerprint density at radius 2 is 2.20 bits per heavy atom. The first kappa shape index (κ1) is 12.0. The van der Waals surface area contributed by atoms with Crippen LogP contribution in [0.15, 0.2) is 0 Å². The van der Waals surface area contributed by atoms with Gasteiger partial charge in [0, 0.05) is 12.6 Å². The first-order chi connectivity index (χ1) is 7.02. The molecule has 1 saturated heterocycles. The van der Waals surface area contributed by atoms with E-state index in [9.17, 15) is 9.59 Å². The maximum atomic E-state index is 11.7. The van der Waals surface area contributed by atoms with Crippen LogP contribution in [0.2, 0.25) is 0 Å². The van der Waals surface area contributed by atoms with E-state index in [1.807, 2.05) is 13.8 Å². The Bertz CT molecular complexity index is 253. The molecule has 1 aliphatic rings. The SMILES string of the molecule is CC(C)NCC(=O)N1CCC[C@@H]1C(=O)O. The van der Waals surface area contributed by atoms with E-state index in [4.69, 9.17) is 5.11 Å². The molecule has 86 valence electrons. The molecule has 2 N–H and O–H groups in total. The topological polar surface area (TPSA) is 69.6 Å². The van der Waals surface area contributed by atoms with Gasteiger partial charge in [-0.3, -0.25) is 4.79 Å². The van der Waals surface area contributed by atoms with Crippen LogP contribution >= 0.6 is 0 Å². The maximum absolute atomic E-state index is 11.7. The average Bonchev–Trinajstić information content (AvgIpc) is 2.62. The van der Waals surface area contributed by atoms with Crippen LogP contribution in [-0.4, -0.2) is 47.1 Å². The summed E-state index contributed by atoms with van der Waals surface area (Å²) >= 11 is 0. The zero-order valence-corrected chi connectivity index (χ0v) is 9.19. The fourth-order valence-electron chi connectivity index (χ4n) is 1.71.